The molecule has 1 heterocycles. The fourth-order valence-electron chi connectivity index (χ4n) is 5.19. The van der Waals surface area contributed by atoms with E-state index >= 15 is 0 Å². The molecule has 1 fully saturated rings. The Hall–Kier alpha value is -2.88. The number of amides is 1. The van der Waals surface area contributed by atoms with Gasteiger partial charge in [-0.05, 0) is 82.7 Å². The topological polar surface area (TPSA) is 105 Å². The predicted molar refractivity (Wildman–Crippen MR) is 133 cm³/mol. The van der Waals surface area contributed by atoms with E-state index in [1.54, 1.807) is 36.4 Å². The molecule has 6 nitrogen and oxygen atoms in total. The van der Waals surface area contributed by atoms with E-state index in [1.807, 2.05) is 0 Å². The third-order valence-corrected chi connectivity index (χ3v) is 6.38. The maximum Gasteiger partial charge on any atom is 0.217 e. The molecule has 7 heteroatoms. The zero-order valence-electron chi connectivity index (χ0n) is 20.2. The second kappa shape index (κ2) is 10.2. The molecule has 0 bridgehead atoms. The van der Waals surface area contributed by atoms with Gasteiger partial charge in [-0.15, -0.1) is 0 Å². The molecule has 0 unspecified atom stereocenters. The maximum atomic E-state index is 13.0. The second-order valence-corrected chi connectivity index (χ2v) is 10.8. The van der Waals surface area contributed by atoms with Crippen molar-refractivity contribution in [1.29, 1.82) is 5.26 Å². The number of nitrogens with one attached hydrogen (secondary N) is 1. The van der Waals surface area contributed by atoms with Crippen LogP contribution in [0.25, 0.3) is 0 Å². The lowest BCUT2D eigenvalue weighted by Gasteiger charge is -2.46. The normalized spacial score (nSPS) is 17.1. The largest absolute Gasteiger partial charge is 0.454 e. The first-order valence-corrected chi connectivity index (χ1v) is 11.9. The molecule has 2 aromatic carbocycles. The molecule has 0 radical (unpaired) electrons. The van der Waals surface area contributed by atoms with Crippen LogP contribution in [0.15, 0.2) is 36.4 Å². The molecule has 0 aromatic heterocycles. The Kier molecular flexibility index (Phi) is 7.70. The summed E-state index contributed by atoms with van der Waals surface area (Å²) in [6.07, 6.45) is 2.81. The first kappa shape index (κ1) is 25.7. The molecule has 180 valence electrons. The van der Waals surface area contributed by atoms with E-state index in [0.29, 0.717) is 46.1 Å². The van der Waals surface area contributed by atoms with E-state index in [-0.39, 0.29) is 29.2 Å². The number of ketones is 1. The van der Waals surface area contributed by atoms with Crippen molar-refractivity contribution in [2.75, 3.05) is 0 Å². The third-order valence-electron chi connectivity index (χ3n) is 6.09. The van der Waals surface area contributed by atoms with Crippen LogP contribution < -0.4 is 15.8 Å². The van der Waals surface area contributed by atoms with Crippen molar-refractivity contribution in [3.63, 3.8) is 0 Å². The Bertz CT molecular complexity index is 1120. The lowest BCUT2D eigenvalue weighted by Crippen LogP contribution is -2.57. The number of primary amides is 1. The summed E-state index contributed by atoms with van der Waals surface area (Å²) in [4.78, 5) is 24.2. The fourth-order valence-corrected chi connectivity index (χ4v) is 5.41. The Morgan fingerprint density at radius 1 is 1.15 bits per heavy atom. The number of carbonyl (C=O) groups is 2. The molecule has 34 heavy (non-hydrogen) atoms. The summed E-state index contributed by atoms with van der Waals surface area (Å²) in [5, 5.41) is 13.6. The van der Waals surface area contributed by atoms with Gasteiger partial charge in [0.1, 0.15) is 17.6 Å². The van der Waals surface area contributed by atoms with Crippen LogP contribution in [0.1, 0.15) is 74.9 Å². The van der Waals surface area contributed by atoms with E-state index in [0.717, 1.165) is 12.8 Å². The highest BCUT2D eigenvalue weighted by Crippen LogP contribution is 2.37. The van der Waals surface area contributed by atoms with Gasteiger partial charge in [0, 0.05) is 29.5 Å². The number of aryl methyl sites for hydroxylation is 1. The maximum absolute atomic E-state index is 13.0. The number of hydrogen-bond donors (Lipinski definition) is 2. The number of benzene rings is 2. The standard InChI is InChI=1S/C27H32ClN3O3/c1-26(2)14-17(15-27(3,4)31-26)12-22(32)19-8-10-24(21(28)13-19)34-23-7-5-6-18(20(23)16-29)9-11-25(30)33/h5-8,10,13,17,31H,9,11-12,14-15H2,1-4H3,(H2,30,33). The number of carbonyl (C=O) groups excluding carboxylic acids is 2. The van der Waals surface area contributed by atoms with Crippen molar-refractivity contribution in [3.8, 4) is 17.6 Å². The number of ether oxygens (including phenoxy) is 1. The minimum Gasteiger partial charge on any atom is -0.454 e. The van der Waals surface area contributed by atoms with Gasteiger partial charge in [-0.1, -0.05) is 23.7 Å². The highest BCUT2D eigenvalue weighted by molar-refractivity contribution is 6.32. The lowest BCUT2D eigenvalue weighted by molar-refractivity contribution is -0.118. The number of rotatable bonds is 8. The molecule has 2 aromatic rings. The van der Waals surface area contributed by atoms with Crippen molar-refractivity contribution >= 4 is 23.3 Å². The van der Waals surface area contributed by atoms with Crippen molar-refractivity contribution in [2.45, 2.75) is 70.9 Å². The SMILES string of the molecule is CC1(C)CC(CC(=O)c2ccc(Oc3cccc(CCC(N)=O)c3C#N)c(Cl)c2)CC(C)(C)N1. The first-order chi connectivity index (χ1) is 15.9. The average Bonchev–Trinajstić information content (AvgIpc) is 2.71. The van der Waals surface area contributed by atoms with Gasteiger partial charge >= 0.3 is 0 Å². The minimum atomic E-state index is -0.435. The van der Waals surface area contributed by atoms with Crippen molar-refractivity contribution in [1.82, 2.24) is 5.32 Å². The molecule has 3 rings (SSSR count). The lowest BCUT2D eigenvalue weighted by atomic mass is 9.74. The van der Waals surface area contributed by atoms with Crippen molar-refractivity contribution < 1.29 is 14.3 Å². The summed E-state index contributed by atoms with van der Waals surface area (Å²) in [5.41, 5.74) is 6.74. The first-order valence-electron chi connectivity index (χ1n) is 11.5. The smallest absolute Gasteiger partial charge is 0.217 e. The van der Waals surface area contributed by atoms with Crippen LogP contribution in [-0.4, -0.2) is 22.8 Å². The molecule has 1 saturated heterocycles. The highest BCUT2D eigenvalue weighted by Gasteiger charge is 2.38. The predicted octanol–water partition coefficient (Wildman–Crippen LogP) is 5.55. The van der Waals surface area contributed by atoms with Crippen molar-refractivity contribution in [2.24, 2.45) is 11.7 Å². The van der Waals surface area contributed by atoms with Gasteiger partial charge in [0.05, 0.1) is 10.6 Å². The summed E-state index contributed by atoms with van der Waals surface area (Å²) in [5.74, 6) is 0.596. The van der Waals surface area contributed by atoms with E-state index < -0.39 is 5.91 Å². The highest BCUT2D eigenvalue weighted by atomic mass is 35.5. The van der Waals surface area contributed by atoms with Gasteiger partial charge in [0.2, 0.25) is 5.91 Å². The molecule has 0 atom stereocenters. The number of nitrogens with two attached hydrogens (primary N) is 1. The van der Waals surface area contributed by atoms with Crippen molar-refractivity contribution in [3.05, 3.63) is 58.1 Å². The number of Topliss-reactive ketones (excluding diaryl/α,β-unsaturated/α-hetero) is 1. The molecule has 0 aliphatic carbocycles. The van der Waals surface area contributed by atoms with E-state index in [4.69, 9.17) is 22.1 Å². The molecular formula is C27H32ClN3O3. The Morgan fingerprint density at radius 2 is 1.82 bits per heavy atom. The van der Waals surface area contributed by atoms with Gasteiger partial charge in [0.25, 0.3) is 0 Å². The van der Waals surface area contributed by atoms with E-state index in [1.165, 1.54) is 0 Å². The van der Waals surface area contributed by atoms with Crippen LogP contribution in [-0.2, 0) is 11.2 Å². The molecule has 1 aliphatic rings. The number of piperidine rings is 1. The summed E-state index contributed by atoms with van der Waals surface area (Å²) in [6, 6.07) is 12.3. The quantitative estimate of drug-likeness (QED) is 0.481. The second-order valence-electron chi connectivity index (χ2n) is 10.4. The Labute approximate surface area is 206 Å². The third kappa shape index (κ3) is 6.59. The molecule has 1 aliphatic heterocycles. The number of halogens is 1. The summed E-state index contributed by atoms with van der Waals surface area (Å²) < 4.78 is 5.93. The van der Waals surface area contributed by atoms with Gasteiger partial charge in [0.15, 0.2) is 5.78 Å². The minimum absolute atomic E-state index is 0.0214. The summed E-state index contributed by atoms with van der Waals surface area (Å²) in [6.45, 7) is 8.69. The zero-order valence-corrected chi connectivity index (χ0v) is 21.0. The van der Waals surface area contributed by atoms with Crippen LogP contribution in [0.5, 0.6) is 11.5 Å². The summed E-state index contributed by atoms with van der Waals surface area (Å²) in [7, 11) is 0. The van der Waals surface area contributed by atoms with E-state index in [9.17, 15) is 14.9 Å². The Balaban J connectivity index is 1.75. The molecular weight excluding hydrogens is 450 g/mol. The van der Waals surface area contributed by atoms with Crippen LogP contribution >= 0.6 is 11.6 Å². The van der Waals surface area contributed by atoms with Crippen LogP contribution in [0.4, 0.5) is 0 Å². The molecule has 3 N–H and O–H groups in total. The van der Waals surface area contributed by atoms with E-state index in [2.05, 4.69) is 39.1 Å². The Morgan fingerprint density at radius 3 is 2.41 bits per heavy atom. The number of nitrogens with zero attached hydrogens (tertiary/aromatic N) is 1. The van der Waals surface area contributed by atoms with Crippen LogP contribution in [0.3, 0.4) is 0 Å². The van der Waals surface area contributed by atoms with Gasteiger partial charge < -0.3 is 15.8 Å². The van der Waals surface area contributed by atoms with Gasteiger partial charge in [-0.2, -0.15) is 5.26 Å². The monoisotopic (exact) mass is 481 g/mol. The summed E-state index contributed by atoms with van der Waals surface area (Å²) >= 11 is 6.46. The average molecular weight is 482 g/mol. The van der Waals surface area contributed by atoms with Crippen LogP contribution in [0, 0.1) is 17.2 Å². The molecule has 0 saturated carbocycles. The fraction of sp³-hybridized carbons (Fsp3) is 0.444. The van der Waals surface area contributed by atoms with Crippen LogP contribution in [0.2, 0.25) is 5.02 Å². The number of hydrogen-bond acceptors (Lipinski definition) is 5. The zero-order chi connectivity index (χ0) is 25.1. The van der Waals surface area contributed by atoms with Gasteiger partial charge in [-0.3, -0.25) is 9.59 Å². The van der Waals surface area contributed by atoms with Gasteiger partial charge in [-0.25, -0.2) is 0 Å². The molecule has 1 amide bonds. The molecule has 0 spiro atoms. The number of nitriles is 1.